The molecule has 2 amide bonds. The zero-order chi connectivity index (χ0) is 24.0. The monoisotopic (exact) mass is 490 g/mol. The topological polar surface area (TPSA) is 67.9 Å². The first-order valence-electron chi connectivity index (χ1n) is 11.0. The van der Waals surface area contributed by atoms with Crippen molar-refractivity contribution in [2.24, 2.45) is 5.92 Å². The number of carbonyl (C=O) groups excluding carboxylic acids is 2. The highest BCUT2D eigenvalue weighted by Crippen LogP contribution is 2.35. The Hall–Kier alpha value is -2.38. The summed E-state index contributed by atoms with van der Waals surface area (Å²) in [7, 11) is 3.19. The minimum absolute atomic E-state index is 0.0598. The van der Waals surface area contributed by atoms with E-state index in [1.54, 1.807) is 55.1 Å². The molecule has 0 aliphatic carbocycles. The van der Waals surface area contributed by atoms with Crippen molar-refractivity contribution >= 4 is 35.2 Å². The van der Waals surface area contributed by atoms with Crippen LogP contribution in [0.3, 0.4) is 0 Å². The number of carbonyl (C=O) groups is 2. The summed E-state index contributed by atoms with van der Waals surface area (Å²) in [5.41, 5.74) is 1.45. The first-order valence-corrected chi connectivity index (χ1v) is 12.5. The summed E-state index contributed by atoms with van der Waals surface area (Å²) in [5.74, 6) is 1.94. The molecule has 178 valence electrons. The van der Waals surface area contributed by atoms with Crippen LogP contribution in [0.1, 0.15) is 36.2 Å². The average molecular weight is 491 g/mol. The molecule has 1 N–H and O–H groups in total. The number of hydrogen-bond acceptors (Lipinski definition) is 5. The Morgan fingerprint density at radius 2 is 1.88 bits per heavy atom. The highest BCUT2D eigenvalue weighted by molar-refractivity contribution is 8.00. The first-order chi connectivity index (χ1) is 15.8. The number of amides is 2. The van der Waals surface area contributed by atoms with Crippen LogP contribution in [0.5, 0.6) is 11.5 Å². The molecule has 8 heteroatoms. The second-order valence-corrected chi connectivity index (χ2v) is 9.97. The van der Waals surface area contributed by atoms with Crippen molar-refractivity contribution in [3.05, 3.63) is 58.6 Å². The van der Waals surface area contributed by atoms with E-state index < -0.39 is 6.04 Å². The number of rotatable bonds is 9. The predicted molar refractivity (Wildman–Crippen MR) is 133 cm³/mol. The number of thioether (sulfide) groups is 1. The third kappa shape index (κ3) is 6.15. The van der Waals surface area contributed by atoms with Crippen molar-refractivity contribution in [2.75, 3.05) is 26.5 Å². The SMILES string of the molecule is COc1ccc(CCNC(=O)C2CSC(CC(C)C)N2C(=O)c2ccccc2Cl)cc1OC. The number of ether oxygens (including phenoxy) is 2. The molecule has 3 rings (SSSR count). The summed E-state index contributed by atoms with van der Waals surface area (Å²) >= 11 is 7.96. The standard InChI is InChI=1S/C25H31ClN2O4S/c1-16(2)13-23-28(25(30)18-7-5-6-8-19(18)26)20(15-33-23)24(29)27-12-11-17-9-10-21(31-3)22(14-17)32-4/h5-10,14,16,20,23H,11-13,15H2,1-4H3,(H,27,29). The van der Waals surface area contributed by atoms with E-state index >= 15 is 0 Å². The van der Waals surface area contributed by atoms with Gasteiger partial charge in [0.2, 0.25) is 5.91 Å². The van der Waals surface area contributed by atoms with Gasteiger partial charge in [-0.2, -0.15) is 0 Å². The summed E-state index contributed by atoms with van der Waals surface area (Å²) < 4.78 is 10.6. The Labute approximate surface area is 205 Å². The zero-order valence-corrected chi connectivity index (χ0v) is 21.0. The molecule has 0 spiro atoms. The largest absolute Gasteiger partial charge is 0.493 e. The molecule has 1 heterocycles. The van der Waals surface area contributed by atoms with E-state index in [0.29, 0.717) is 46.7 Å². The molecule has 0 saturated carbocycles. The third-order valence-corrected chi connectivity index (χ3v) is 7.21. The van der Waals surface area contributed by atoms with Gasteiger partial charge in [0.25, 0.3) is 5.91 Å². The fourth-order valence-corrected chi connectivity index (χ4v) is 5.74. The van der Waals surface area contributed by atoms with Crippen LogP contribution in [0.15, 0.2) is 42.5 Å². The van der Waals surface area contributed by atoms with Crippen molar-refractivity contribution < 1.29 is 19.1 Å². The molecule has 2 atom stereocenters. The van der Waals surface area contributed by atoms with E-state index in [9.17, 15) is 9.59 Å². The third-order valence-electron chi connectivity index (χ3n) is 5.57. The first kappa shape index (κ1) is 25.2. The van der Waals surface area contributed by atoms with E-state index in [2.05, 4.69) is 19.2 Å². The van der Waals surface area contributed by atoms with E-state index in [4.69, 9.17) is 21.1 Å². The van der Waals surface area contributed by atoms with Gasteiger partial charge in [-0.15, -0.1) is 11.8 Å². The maximum Gasteiger partial charge on any atom is 0.256 e. The molecule has 1 aliphatic rings. The maximum atomic E-state index is 13.4. The van der Waals surface area contributed by atoms with Crippen molar-refractivity contribution in [3.63, 3.8) is 0 Å². The summed E-state index contributed by atoms with van der Waals surface area (Å²) in [6, 6.07) is 12.2. The lowest BCUT2D eigenvalue weighted by Crippen LogP contribution is -2.50. The minimum Gasteiger partial charge on any atom is -0.493 e. The maximum absolute atomic E-state index is 13.4. The van der Waals surface area contributed by atoms with Crippen LogP contribution in [-0.4, -0.2) is 54.6 Å². The van der Waals surface area contributed by atoms with Crippen LogP contribution in [0, 0.1) is 5.92 Å². The van der Waals surface area contributed by atoms with Crippen LogP contribution in [0.2, 0.25) is 5.02 Å². The van der Waals surface area contributed by atoms with Gasteiger partial charge in [-0.25, -0.2) is 0 Å². The van der Waals surface area contributed by atoms with Crippen LogP contribution >= 0.6 is 23.4 Å². The van der Waals surface area contributed by atoms with Crippen LogP contribution in [-0.2, 0) is 11.2 Å². The zero-order valence-electron chi connectivity index (χ0n) is 19.5. The Morgan fingerprint density at radius 1 is 1.15 bits per heavy atom. The molecule has 2 aromatic carbocycles. The second-order valence-electron chi connectivity index (χ2n) is 8.36. The molecule has 2 unspecified atom stereocenters. The molecule has 2 aromatic rings. The van der Waals surface area contributed by atoms with Crippen LogP contribution in [0.4, 0.5) is 0 Å². The van der Waals surface area contributed by atoms with Crippen molar-refractivity contribution in [1.82, 2.24) is 10.2 Å². The van der Waals surface area contributed by atoms with Crippen molar-refractivity contribution in [3.8, 4) is 11.5 Å². The smallest absolute Gasteiger partial charge is 0.256 e. The average Bonchev–Trinajstić information content (AvgIpc) is 3.21. The van der Waals surface area contributed by atoms with Gasteiger partial charge in [-0.05, 0) is 48.6 Å². The van der Waals surface area contributed by atoms with Gasteiger partial charge in [-0.1, -0.05) is 43.6 Å². The van der Waals surface area contributed by atoms with Gasteiger partial charge >= 0.3 is 0 Å². The molecule has 6 nitrogen and oxygen atoms in total. The lowest BCUT2D eigenvalue weighted by atomic mass is 10.1. The van der Waals surface area contributed by atoms with Crippen LogP contribution < -0.4 is 14.8 Å². The molecule has 1 saturated heterocycles. The van der Waals surface area contributed by atoms with E-state index in [0.717, 1.165) is 12.0 Å². The number of methoxy groups -OCH3 is 2. The number of halogens is 1. The highest BCUT2D eigenvalue weighted by Gasteiger charge is 2.42. The quantitative estimate of drug-likeness (QED) is 0.554. The lowest BCUT2D eigenvalue weighted by molar-refractivity contribution is -0.124. The Balaban J connectivity index is 1.70. The number of hydrogen-bond donors (Lipinski definition) is 1. The fraction of sp³-hybridized carbons (Fsp3) is 0.440. The molecule has 1 aliphatic heterocycles. The van der Waals surface area contributed by atoms with E-state index in [1.807, 2.05) is 18.2 Å². The van der Waals surface area contributed by atoms with Gasteiger partial charge in [0.1, 0.15) is 6.04 Å². The number of nitrogens with one attached hydrogen (secondary N) is 1. The van der Waals surface area contributed by atoms with Gasteiger partial charge < -0.3 is 19.7 Å². The Kier molecular flexibility index (Phi) is 8.92. The van der Waals surface area contributed by atoms with Gasteiger partial charge in [-0.3, -0.25) is 9.59 Å². The second kappa shape index (κ2) is 11.7. The molecule has 1 fully saturated rings. The molecular weight excluding hydrogens is 460 g/mol. The molecule has 33 heavy (non-hydrogen) atoms. The molecule has 0 bridgehead atoms. The number of benzene rings is 2. The minimum atomic E-state index is -0.534. The normalized spacial score (nSPS) is 17.8. The van der Waals surface area contributed by atoms with Crippen molar-refractivity contribution in [2.45, 2.75) is 38.1 Å². The van der Waals surface area contributed by atoms with E-state index in [1.165, 1.54) is 0 Å². The van der Waals surface area contributed by atoms with Crippen molar-refractivity contribution in [1.29, 1.82) is 0 Å². The molecule has 0 radical (unpaired) electrons. The summed E-state index contributed by atoms with van der Waals surface area (Å²) in [5, 5.41) is 3.35. The summed E-state index contributed by atoms with van der Waals surface area (Å²) in [6.07, 6.45) is 1.45. The highest BCUT2D eigenvalue weighted by atomic mass is 35.5. The van der Waals surface area contributed by atoms with Crippen LogP contribution in [0.25, 0.3) is 0 Å². The number of nitrogens with zero attached hydrogens (tertiary/aromatic N) is 1. The summed E-state index contributed by atoms with van der Waals surface area (Å²) in [4.78, 5) is 28.3. The fourth-order valence-electron chi connectivity index (χ4n) is 3.88. The summed E-state index contributed by atoms with van der Waals surface area (Å²) in [6.45, 7) is 4.70. The molecular formula is C25H31ClN2O4S. The Bertz CT molecular complexity index is 985. The predicted octanol–water partition coefficient (Wildman–Crippen LogP) is 4.65. The van der Waals surface area contributed by atoms with Gasteiger partial charge in [0.05, 0.1) is 30.2 Å². The Morgan fingerprint density at radius 3 is 2.55 bits per heavy atom. The lowest BCUT2D eigenvalue weighted by Gasteiger charge is -2.30. The molecule has 0 aromatic heterocycles. The van der Waals surface area contributed by atoms with E-state index in [-0.39, 0.29) is 17.2 Å². The van der Waals surface area contributed by atoms with Gasteiger partial charge in [0.15, 0.2) is 11.5 Å². The van der Waals surface area contributed by atoms with Gasteiger partial charge in [0, 0.05) is 12.3 Å².